The zero-order valence-electron chi connectivity index (χ0n) is 12.3. The monoisotopic (exact) mass is 251 g/mol. The summed E-state index contributed by atoms with van der Waals surface area (Å²) >= 11 is 0. The fraction of sp³-hybridized carbons (Fsp3) is 1.00. The van der Waals surface area contributed by atoms with Crippen LogP contribution < -0.4 is 0 Å². The first-order valence-electron chi connectivity index (χ1n) is 7.82. The molecular weight excluding hydrogens is 222 g/mol. The lowest BCUT2D eigenvalue weighted by atomic mass is 9.96. The van der Waals surface area contributed by atoms with E-state index in [2.05, 4.69) is 35.6 Å². The van der Waals surface area contributed by atoms with Gasteiger partial charge in [-0.15, -0.1) is 0 Å². The number of hydrogen-bond donors (Lipinski definition) is 0. The maximum atomic E-state index is 2.81. The van der Waals surface area contributed by atoms with Crippen molar-refractivity contribution in [3.05, 3.63) is 0 Å². The molecule has 3 fully saturated rings. The molecule has 3 rings (SSSR count). The molecule has 0 amide bonds. The van der Waals surface area contributed by atoms with Crippen LogP contribution in [0.4, 0.5) is 0 Å². The largest absolute Gasteiger partial charge is 0.306 e. The van der Waals surface area contributed by atoms with Crippen LogP contribution in [0.3, 0.4) is 0 Å². The van der Waals surface area contributed by atoms with E-state index in [0.29, 0.717) is 0 Å². The Balaban J connectivity index is 1.49. The van der Waals surface area contributed by atoms with Crippen LogP contribution in [0.1, 0.15) is 33.1 Å². The van der Waals surface area contributed by atoms with Crippen molar-refractivity contribution >= 4 is 0 Å². The van der Waals surface area contributed by atoms with Gasteiger partial charge in [0.15, 0.2) is 0 Å². The molecule has 2 bridgehead atoms. The lowest BCUT2D eigenvalue weighted by molar-refractivity contribution is 0.0810. The maximum absolute atomic E-state index is 2.81. The summed E-state index contributed by atoms with van der Waals surface area (Å²) in [6, 6.07) is 2.48. The SMILES string of the molecule is CC(C)N1CC2CC1CN2CC1CCN(C)CC1. The predicted molar refractivity (Wildman–Crippen MR) is 75.8 cm³/mol. The van der Waals surface area contributed by atoms with Gasteiger partial charge in [-0.2, -0.15) is 0 Å². The Morgan fingerprint density at radius 2 is 1.78 bits per heavy atom. The summed E-state index contributed by atoms with van der Waals surface area (Å²) in [5, 5.41) is 0. The minimum atomic E-state index is 0.741. The Hall–Kier alpha value is -0.120. The lowest BCUT2D eigenvalue weighted by Gasteiger charge is -2.39. The van der Waals surface area contributed by atoms with Crippen molar-refractivity contribution < 1.29 is 0 Å². The second-order valence-corrected chi connectivity index (χ2v) is 7.03. The molecule has 0 spiro atoms. The van der Waals surface area contributed by atoms with Gasteiger partial charge < -0.3 is 4.90 Å². The minimum absolute atomic E-state index is 0.741. The quantitative estimate of drug-likeness (QED) is 0.752. The molecule has 18 heavy (non-hydrogen) atoms. The van der Waals surface area contributed by atoms with Crippen LogP contribution in [-0.4, -0.2) is 72.6 Å². The first-order valence-corrected chi connectivity index (χ1v) is 7.82. The van der Waals surface area contributed by atoms with Crippen molar-refractivity contribution in [3.63, 3.8) is 0 Å². The van der Waals surface area contributed by atoms with Gasteiger partial charge in [0.2, 0.25) is 0 Å². The normalized spacial score (nSPS) is 36.0. The van der Waals surface area contributed by atoms with Crippen molar-refractivity contribution in [1.29, 1.82) is 0 Å². The van der Waals surface area contributed by atoms with Gasteiger partial charge >= 0.3 is 0 Å². The molecule has 0 aromatic heterocycles. The van der Waals surface area contributed by atoms with Gasteiger partial charge in [0, 0.05) is 37.8 Å². The van der Waals surface area contributed by atoms with Crippen LogP contribution in [0.5, 0.6) is 0 Å². The molecule has 0 aliphatic carbocycles. The van der Waals surface area contributed by atoms with E-state index in [1.54, 1.807) is 0 Å². The zero-order valence-corrected chi connectivity index (χ0v) is 12.3. The van der Waals surface area contributed by atoms with Crippen LogP contribution in [0.2, 0.25) is 0 Å². The van der Waals surface area contributed by atoms with Gasteiger partial charge in [-0.05, 0) is 59.2 Å². The first kappa shape index (κ1) is 12.9. The highest BCUT2D eigenvalue weighted by molar-refractivity contribution is 5.01. The van der Waals surface area contributed by atoms with Crippen LogP contribution in [0, 0.1) is 5.92 Å². The summed E-state index contributed by atoms with van der Waals surface area (Å²) in [6.07, 6.45) is 4.27. The third-order valence-electron chi connectivity index (χ3n) is 5.39. The minimum Gasteiger partial charge on any atom is -0.306 e. The van der Waals surface area contributed by atoms with Gasteiger partial charge in [0.25, 0.3) is 0 Å². The topological polar surface area (TPSA) is 9.72 Å². The lowest BCUT2D eigenvalue weighted by Crippen LogP contribution is -2.50. The van der Waals surface area contributed by atoms with E-state index in [0.717, 1.165) is 24.0 Å². The van der Waals surface area contributed by atoms with Crippen molar-refractivity contribution in [2.75, 3.05) is 39.8 Å². The highest BCUT2D eigenvalue weighted by Crippen LogP contribution is 2.33. The van der Waals surface area contributed by atoms with Gasteiger partial charge in [-0.3, -0.25) is 9.80 Å². The Bertz CT molecular complexity index is 283. The van der Waals surface area contributed by atoms with E-state index in [9.17, 15) is 0 Å². The van der Waals surface area contributed by atoms with E-state index in [1.165, 1.54) is 52.0 Å². The van der Waals surface area contributed by atoms with Crippen LogP contribution in [0.15, 0.2) is 0 Å². The van der Waals surface area contributed by atoms with Crippen LogP contribution >= 0.6 is 0 Å². The number of piperazine rings is 1. The van der Waals surface area contributed by atoms with Crippen molar-refractivity contribution in [3.8, 4) is 0 Å². The van der Waals surface area contributed by atoms with E-state index in [4.69, 9.17) is 0 Å². The van der Waals surface area contributed by atoms with Gasteiger partial charge in [0.1, 0.15) is 0 Å². The summed E-state index contributed by atoms with van der Waals surface area (Å²) < 4.78 is 0. The molecule has 3 heteroatoms. The maximum Gasteiger partial charge on any atom is 0.0242 e. The van der Waals surface area contributed by atoms with Gasteiger partial charge in [0.05, 0.1) is 0 Å². The number of nitrogens with zero attached hydrogens (tertiary/aromatic N) is 3. The van der Waals surface area contributed by atoms with Gasteiger partial charge in [-0.25, -0.2) is 0 Å². The Kier molecular flexibility index (Phi) is 3.65. The molecule has 2 unspecified atom stereocenters. The summed E-state index contributed by atoms with van der Waals surface area (Å²) in [4.78, 5) is 8.00. The molecule has 3 saturated heterocycles. The third kappa shape index (κ3) is 2.45. The molecule has 2 atom stereocenters. The fourth-order valence-electron chi connectivity index (χ4n) is 4.21. The van der Waals surface area contributed by atoms with E-state index >= 15 is 0 Å². The number of likely N-dealkylation sites (tertiary alicyclic amines) is 3. The van der Waals surface area contributed by atoms with E-state index < -0.39 is 0 Å². The first-order chi connectivity index (χ1) is 8.63. The molecular formula is C15H29N3. The number of rotatable bonds is 3. The average molecular weight is 251 g/mol. The van der Waals surface area contributed by atoms with Crippen LogP contribution in [0.25, 0.3) is 0 Å². The fourth-order valence-corrected chi connectivity index (χ4v) is 4.21. The summed E-state index contributed by atoms with van der Waals surface area (Å²) in [7, 11) is 2.26. The molecule has 0 saturated carbocycles. The van der Waals surface area contributed by atoms with Gasteiger partial charge in [-0.1, -0.05) is 0 Å². The standard InChI is InChI=1S/C15H29N3/c1-12(2)18-11-14-8-15(18)10-17(14)9-13-4-6-16(3)7-5-13/h12-15H,4-11H2,1-3H3. The molecule has 3 heterocycles. The Labute approximate surface area is 112 Å². The second-order valence-electron chi connectivity index (χ2n) is 7.03. The summed E-state index contributed by atoms with van der Waals surface area (Å²) in [6.45, 7) is 11.4. The summed E-state index contributed by atoms with van der Waals surface area (Å²) in [5.41, 5.74) is 0. The number of hydrogen-bond acceptors (Lipinski definition) is 3. The molecule has 3 nitrogen and oxygen atoms in total. The van der Waals surface area contributed by atoms with Crippen molar-refractivity contribution in [2.45, 2.75) is 51.2 Å². The summed E-state index contributed by atoms with van der Waals surface area (Å²) in [5.74, 6) is 0.966. The number of piperidine rings is 1. The molecule has 0 aromatic carbocycles. The zero-order chi connectivity index (χ0) is 12.7. The van der Waals surface area contributed by atoms with E-state index in [1.807, 2.05) is 0 Å². The highest BCUT2D eigenvalue weighted by atomic mass is 15.4. The molecule has 0 N–H and O–H groups in total. The highest BCUT2D eigenvalue weighted by Gasteiger charge is 2.44. The average Bonchev–Trinajstić information content (AvgIpc) is 2.91. The number of fused-ring (bicyclic) bond motifs is 2. The predicted octanol–water partition coefficient (Wildman–Crippen LogP) is 1.50. The third-order valence-corrected chi connectivity index (χ3v) is 5.39. The smallest absolute Gasteiger partial charge is 0.0242 e. The molecule has 104 valence electrons. The second kappa shape index (κ2) is 5.10. The molecule has 0 radical (unpaired) electrons. The van der Waals surface area contributed by atoms with Crippen LogP contribution in [-0.2, 0) is 0 Å². The Morgan fingerprint density at radius 1 is 1.06 bits per heavy atom. The Morgan fingerprint density at radius 3 is 2.33 bits per heavy atom. The van der Waals surface area contributed by atoms with E-state index in [-0.39, 0.29) is 0 Å². The molecule has 3 aliphatic heterocycles. The van der Waals surface area contributed by atoms with Crippen molar-refractivity contribution in [1.82, 2.24) is 14.7 Å². The molecule has 0 aromatic rings. The molecule has 3 aliphatic rings. The van der Waals surface area contributed by atoms with Crippen molar-refractivity contribution in [2.24, 2.45) is 5.92 Å².